The lowest BCUT2D eigenvalue weighted by molar-refractivity contribution is 0.0780. The fraction of sp³-hybridized carbons (Fsp3) is 0.182. The summed E-state index contributed by atoms with van der Waals surface area (Å²) >= 11 is 1.43. The van der Waals surface area contributed by atoms with Crippen LogP contribution in [-0.2, 0) is 6.54 Å². The number of methoxy groups -OCH3 is 1. The normalized spacial score (nSPS) is 10.4. The summed E-state index contributed by atoms with van der Waals surface area (Å²) in [7, 11) is 3.37. The van der Waals surface area contributed by atoms with Gasteiger partial charge in [0.15, 0.2) is 11.5 Å². The van der Waals surface area contributed by atoms with Crippen LogP contribution in [0.2, 0.25) is 0 Å². The molecule has 0 saturated carbocycles. The van der Waals surface area contributed by atoms with Gasteiger partial charge in [0, 0.05) is 24.5 Å². The third-order valence-electron chi connectivity index (χ3n) is 4.10. The second-order valence-corrected chi connectivity index (χ2v) is 7.01. The van der Waals surface area contributed by atoms with Crippen molar-refractivity contribution in [3.8, 4) is 22.1 Å². The minimum atomic E-state index is -0.107. The Balaban J connectivity index is 1.76. The first-order valence-corrected chi connectivity index (χ1v) is 9.67. The first kappa shape index (κ1) is 19.6. The van der Waals surface area contributed by atoms with Crippen molar-refractivity contribution in [2.24, 2.45) is 0 Å². The number of thiazole rings is 1. The van der Waals surface area contributed by atoms with E-state index in [1.165, 1.54) is 11.3 Å². The van der Waals surface area contributed by atoms with Gasteiger partial charge in [0.2, 0.25) is 0 Å². The van der Waals surface area contributed by atoms with Crippen LogP contribution in [-0.4, -0.2) is 36.6 Å². The number of amides is 1. The Morgan fingerprint density at radius 3 is 2.71 bits per heavy atom. The van der Waals surface area contributed by atoms with Crippen LogP contribution in [0.3, 0.4) is 0 Å². The SMILES string of the molecule is C=CCOc1ccc(-c2nc(C(=O)N(C)Cc3ccccc3)cs2)cc1OC. The van der Waals surface area contributed by atoms with Crippen LogP contribution in [0.1, 0.15) is 16.1 Å². The summed E-state index contributed by atoms with van der Waals surface area (Å²) in [6.45, 7) is 4.59. The molecular weight excluding hydrogens is 372 g/mol. The van der Waals surface area contributed by atoms with Crippen molar-refractivity contribution in [1.29, 1.82) is 0 Å². The Kier molecular flexibility index (Phi) is 6.45. The molecule has 2 aromatic carbocycles. The van der Waals surface area contributed by atoms with Gasteiger partial charge in [0.1, 0.15) is 17.3 Å². The molecular formula is C22H22N2O3S. The molecule has 0 saturated heterocycles. The fourth-order valence-electron chi connectivity index (χ4n) is 2.70. The van der Waals surface area contributed by atoms with Gasteiger partial charge >= 0.3 is 0 Å². The van der Waals surface area contributed by atoms with E-state index >= 15 is 0 Å². The Labute approximate surface area is 168 Å². The highest BCUT2D eigenvalue weighted by molar-refractivity contribution is 7.13. The number of carbonyl (C=O) groups excluding carboxylic acids is 1. The van der Waals surface area contributed by atoms with Gasteiger partial charge in [0.25, 0.3) is 5.91 Å². The number of hydrogen-bond acceptors (Lipinski definition) is 5. The van der Waals surface area contributed by atoms with Crippen LogP contribution in [0.15, 0.2) is 66.6 Å². The molecule has 6 heteroatoms. The first-order chi connectivity index (χ1) is 13.6. The smallest absolute Gasteiger partial charge is 0.273 e. The highest BCUT2D eigenvalue weighted by atomic mass is 32.1. The van der Waals surface area contributed by atoms with Crippen molar-refractivity contribution in [3.05, 3.63) is 77.8 Å². The maximum atomic E-state index is 12.7. The van der Waals surface area contributed by atoms with Gasteiger partial charge in [-0.3, -0.25) is 4.79 Å². The Bertz CT molecular complexity index is 953. The number of ether oxygens (including phenoxy) is 2. The molecule has 144 valence electrons. The average Bonchev–Trinajstić information content (AvgIpc) is 3.22. The number of rotatable bonds is 8. The molecule has 0 spiro atoms. The van der Waals surface area contributed by atoms with Crippen molar-refractivity contribution in [3.63, 3.8) is 0 Å². The molecule has 0 radical (unpaired) electrons. The summed E-state index contributed by atoms with van der Waals surface area (Å²) in [5, 5.41) is 2.54. The van der Waals surface area contributed by atoms with Crippen LogP contribution in [0.5, 0.6) is 11.5 Å². The van der Waals surface area contributed by atoms with Crippen molar-refractivity contribution in [2.45, 2.75) is 6.54 Å². The standard InChI is InChI=1S/C22H22N2O3S/c1-4-12-27-19-11-10-17(13-20(19)26-3)21-23-18(15-28-21)22(25)24(2)14-16-8-6-5-7-9-16/h4-11,13,15H,1,12,14H2,2-3H3. The predicted molar refractivity (Wildman–Crippen MR) is 112 cm³/mol. The van der Waals surface area contributed by atoms with E-state index in [-0.39, 0.29) is 5.91 Å². The van der Waals surface area contributed by atoms with Crippen molar-refractivity contribution in [1.82, 2.24) is 9.88 Å². The lowest BCUT2D eigenvalue weighted by Gasteiger charge is -2.15. The summed E-state index contributed by atoms with van der Waals surface area (Å²) in [5.74, 6) is 1.15. The topological polar surface area (TPSA) is 51.7 Å². The number of aromatic nitrogens is 1. The van der Waals surface area contributed by atoms with E-state index in [1.807, 2.05) is 48.5 Å². The third kappa shape index (κ3) is 4.58. The fourth-order valence-corrected chi connectivity index (χ4v) is 3.49. The average molecular weight is 394 g/mol. The van der Waals surface area contributed by atoms with Crippen LogP contribution < -0.4 is 9.47 Å². The molecule has 0 aliphatic rings. The zero-order chi connectivity index (χ0) is 19.9. The van der Waals surface area contributed by atoms with Gasteiger partial charge in [-0.05, 0) is 23.8 Å². The molecule has 1 heterocycles. The molecule has 0 N–H and O–H groups in total. The monoisotopic (exact) mass is 394 g/mol. The second kappa shape index (κ2) is 9.19. The van der Waals surface area contributed by atoms with Crippen LogP contribution in [0, 0.1) is 0 Å². The molecule has 0 bridgehead atoms. The van der Waals surface area contributed by atoms with Gasteiger partial charge < -0.3 is 14.4 Å². The minimum Gasteiger partial charge on any atom is -0.493 e. The molecule has 5 nitrogen and oxygen atoms in total. The van der Waals surface area contributed by atoms with Crippen LogP contribution in [0.4, 0.5) is 0 Å². The lowest BCUT2D eigenvalue weighted by atomic mass is 10.2. The molecule has 1 aromatic heterocycles. The number of nitrogens with zero attached hydrogens (tertiary/aromatic N) is 2. The van der Waals surface area contributed by atoms with Crippen molar-refractivity contribution < 1.29 is 14.3 Å². The molecule has 0 atom stereocenters. The number of benzene rings is 2. The van der Waals surface area contributed by atoms with E-state index in [0.29, 0.717) is 30.3 Å². The van der Waals surface area contributed by atoms with Crippen molar-refractivity contribution >= 4 is 17.2 Å². The largest absolute Gasteiger partial charge is 0.493 e. The molecule has 0 aliphatic carbocycles. The van der Waals surface area contributed by atoms with Crippen LogP contribution in [0.25, 0.3) is 10.6 Å². The summed E-state index contributed by atoms with van der Waals surface area (Å²) in [5.41, 5.74) is 2.38. The summed E-state index contributed by atoms with van der Waals surface area (Å²) < 4.78 is 11.0. The quantitative estimate of drug-likeness (QED) is 0.522. The molecule has 1 amide bonds. The van der Waals surface area contributed by atoms with Gasteiger partial charge in [-0.2, -0.15) is 0 Å². The molecule has 3 aromatic rings. The van der Waals surface area contributed by atoms with Gasteiger partial charge in [-0.15, -0.1) is 11.3 Å². The molecule has 28 heavy (non-hydrogen) atoms. The zero-order valence-electron chi connectivity index (χ0n) is 15.9. The molecule has 0 fully saturated rings. The van der Waals surface area contributed by atoms with E-state index in [2.05, 4.69) is 11.6 Å². The van der Waals surface area contributed by atoms with E-state index < -0.39 is 0 Å². The minimum absolute atomic E-state index is 0.107. The Hall–Kier alpha value is -3.12. The van der Waals surface area contributed by atoms with E-state index in [1.54, 1.807) is 30.5 Å². The van der Waals surface area contributed by atoms with E-state index in [4.69, 9.17) is 9.47 Å². The molecule has 0 unspecified atom stereocenters. The maximum Gasteiger partial charge on any atom is 0.273 e. The lowest BCUT2D eigenvalue weighted by Crippen LogP contribution is -2.26. The summed E-state index contributed by atoms with van der Waals surface area (Å²) in [4.78, 5) is 18.9. The van der Waals surface area contributed by atoms with Gasteiger partial charge in [-0.1, -0.05) is 43.0 Å². The highest BCUT2D eigenvalue weighted by Crippen LogP contribution is 2.34. The van der Waals surface area contributed by atoms with Crippen molar-refractivity contribution in [2.75, 3.05) is 20.8 Å². The second-order valence-electron chi connectivity index (χ2n) is 6.15. The predicted octanol–water partition coefficient (Wildman–Crippen LogP) is 4.66. The van der Waals surface area contributed by atoms with Crippen LogP contribution >= 0.6 is 11.3 Å². The Morgan fingerprint density at radius 1 is 1.21 bits per heavy atom. The first-order valence-electron chi connectivity index (χ1n) is 8.79. The molecule has 3 rings (SSSR count). The Morgan fingerprint density at radius 2 is 2.00 bits per heavy atom. The number of hydrogen-bond donors (Lipinski definition) is 0. The van der Waals surface area contributed by atoms with E-state index in [9.17, 15) is 4.79 Å². The summed E-state index contributed by atoms with van der Waals surface area (Å²) in [6, 6.07) is 15.5. The van der Waals surface area contributed by atoms with Gasteiger partial charge in [0.05, 0.1) is 7.11 Å². The molecule has 0 aliphatic heterocycles. The van der Waals surface area contributed by atoms with E-state index in [0.717, 1.165) is 16.1 Å². The highest BCUT2D eigenvalue weighted by Gasteiger charge is 2.17. The number of carbonyl (C=O) groups is 1. The zero-order valence-corrected chi connectivity index (χ0v) is 16.7. The third-order valence-corrected chi connectivity index (χ3v) is 4.99. The summed E-state index contributed by atoms with van der Waals surface area (Å²) in [6.07, 6.45) is 1.68. The maximum absolute atomic E-state index is 12.7. The van der Waals surface area contributed by atoms with Gasteiger partial charge in [-0.25, -0.2) is 4.98 Å².